The molecule has 5 rings (SSSR count). The minimum absolute atomic E-state index is 0.235. The number of imide groups is 1. The Morgan fingerprint density at radius 1 is 0.931 bits per heavy atom. The van der Waals surface area contributed by atoms with Crippen molar-refractivity contribution in [2.24, 2.45) is 7.05 Å². The summed E-state index contributed by atoms with van der Waals surface area (Å²) in [5.41, 5.74) is 2.84. The minimum atomic E-state index is -0.458. The van der Waals surface area contributed by atoms with Crippen LogP contribution in [0.15, 0.2) is 54.7 Å². The van der Waals surface area contributed by atoms with E-state index in [1.165, 1.54) is 12.3 Å². The Morgan fingerprint density at radius 2 is 1.69 bits per heavy atom. The Balaban J connectivity index is 1.76. The maximum absolute atomic E-state index is 13.4. The van der Waals surface area contributed by atoms with E-state index >= 15 is 0 Å². The summed E-state index contributed by atoms with van der Waals surface area (Å²) in [6, 6.07) is 14.1. The first-order valence-electron chi connectivity index (χ1n) is 8.72. The Hall–Kier alpha value is -3.22. The van der Waals surface area contributed by atoms with Gasteiger partial charge in [0.2, 0.25) is 0 Å². The van der Waals surface area contributed by atoms with Crippen LogP contribution in [0, 0.1) is 0 Å². The summed E-state index contributed by atoms with van der Waals surface area (Å²) < 4.78 is 1.61. The van der Waals surface area contributed by atoms with E-state index in [1.807, 2.05) is 30.3 Å². The zero-order chi connectivity index (χ0) is 20.3. The zero-order valence-electron chi connectivity index (χ0n) is 15.1. The number of aryl methyl sites for hydroxylation is 1. The lowest BCUT2D eigenvalue weighted by atomic mass is 10.0. The average molecular weight is 423 g/mol. The largest absolute Gasteiger partial charge is 0.268 e. The van der Waals surface area contributed by atoms with Crippen LogP contribution in [0.4, 0.5) is 5.69 Å². The fourth-order valence-corrected chi connectivity index (χ4v) is 3.88. The molecule has 0 fully saturated rings. The average Bonchev–Trinajstić information content (AvgIpc) is 3.19. The quantitative estimate of drug-likeness (QED) is 0.437. The van der Waals surface area contributed by atoms with E-state index in [1.54, 1.807) is 23.9 Å². The van der Waals surface area contributed by atoms with Gasteiger partial charge in [-0.1, -0.05) is 53.5 Å². The number of benzene rings is 2. The van der Waals surface area contributed by atoms with Crippen LogP contribution in [0.5, 0.6) is 0 Å². The van der Waals surface area contributed by atoms with Gasteiger partial charge in [0.05, 0.1) is 32.2 Å². The van der Waals surface area contributed by atoms with Crippen molar-refractivity contribution in [2.45, 2.75) is 0 Å². The van der Waals surface area contributed by atoms with Crippen LogP contribution >= 0.6 is 23.2 Å². The maximum atomic E-state index is 13.4. The van der Waals surface area contributed by atoms with E-state index in [9.17, 15) is 9.59 Å². The first kappa shape index (κ1) is 17.8. The van der Waals surface area contributed by atoms with Crippen LogP contribution in [0.1, 0.15) is 20.7 Å². The molecular weight excluding hydrogens is 411 g/mol. The molecule has 8 heteroatoms. The predicted molar refractivity (Wildman–Crippen MR) is 112 cm³/mol. The zero-order valence-corrected chi connectivity index (χ0v) is 16.6. The number of hydrogen-bond acceptors (Lipinski definition) is 4. The first-order chi connectivity index (χ1) is 14.0. The van der Waals surface area contributed by atoms with E-state index in [2.05, 4.69) is 10.1 Å². The third-order valence-electron chi connectivity index (χ3n) is 4.91. The Labute approximate surface area is 175 Å². The van der Waals surface area contributed by atoms with Crippen LogP contribution in [0.3, 0.4) is 0 Å². The Kier molecular flexibility index (Phi) is 3.94. The first-order valence-corrected chi connectivity index (χ1v) is 9.48. The monoisotopic (exact) mass is 422 g/mol. The standard InChI is InChI=1S/C21H12Cl2N4O2/c1-26-19-17(18(25-26)11-5-3-2-4-6-11)16-13(10-24-19)20(28)27(21(16)29)12-7-8-14(22)15(23)9-12/h2-10H,1H3. The molecule has 0 N–H and O–H groups in total. The number of pyridine rings is 1. The highest BCUT2D eigenvalue weighted by molar-refractivity contribution is 6.43. The Bertz CT molecular complexity index is 1330. The molecule has 0 bridgehead atoms. The summed E-state index contributed by atoms with van der Waals surface area (Å²) in [6.45, 7) is 0. The van der Waals surface area contributed by atoms with Gasteiger partial charge in [-0.15, -0.1) is 0 Å². The summed E-state index contributed by atoms with van der Waals surface area (Å²) in [7, 11) is 1.76. The third-order valence-corrected chi connectivity index (χ3v) is 5.65. The molecule has 0 radical (unpaired) electrons. The number of fused-ring (bicyclic) bond motifs is 3. The van der Waals surface area contributed by atoms with Crippen molar-refractivity contribution in [1.29, 1.82) is 0 Å². The summed E-state index contributed by atoms with van der Waals surface area (Å²) in [5.74, 6) is -0.901. The van der Waals surface area contributed by atoms with Gasteiger partial charge in [-0.3, -0.25) is 9.59 Å². The number of anilines is 1. The molecule has 29 heavy (non-hydrogen) atoms. The van der Waals surface area contributed by atoms with E-state index in [4.69, 9.17) is 23.2 Å². The molecule has 2 aromatic carbocycles. The lowest BCUT2D eigenvalue weighted by Gasteiger charge is -2.14. The molecule has 0 atom stereocenters. The molecule has 0 saturated heterocycles. The van der Waals surface area contributed by atoms with Crippen molar-refractivity contribution < 1.29 is 9.59 Å². The number of nitrogens with zero attached hydrogens (tertiary/aromatic N) is 4. The molecule has 0 unspecified atom stereocenters. The maximum Gasteiger partial charge on any atom is 0.267 e. The molecule has 2 amide bonds. The van der Waals surface area contributed by atoms with Crippen molar-refractivity contribution >= 4 is 51.7 Å². The molecule has 0 spiro atoms. The second-order valence-corrected chi connectivity index (χ2v) is 7.44. The molecule has 6 nitrogen and oxygen atoms in total. The van der Waals surface area contributed by atoms with Gasteiger partial charge in [0, 0.05) is 18.8 Å². The molecule has 3 heterocycles. The van der Waals surface area contributed by atoms with Crippen LogP contribution < -0.4 is 4.90 Å². The highest BCUT2D eigenvalue weighted by atomic mass is 35.5. The molecule has 4 aromatic rings. The van der Waals surface area contributed by atoms with Crippen LogP contribution in [0.2, 0.25) is 10.0 Å². The highest BCUT2D eigenvalue weighted by Gasteiger charge is 2.40. The van der Waals surface area contributed by atoms with Crippen LogP contribution in [-0.4, -0.2) is 26.6 Å². The van der Waals surface area contributed by atoms with Crippen molar-refractivity contribution in [3.63, 3.8) is 0 Å². The number of aromatic nitrogens is 3. The predicted octanol–water partition coefficient (Wildman–Crippen LogP) is 4.74. The molecule has 0 aliphatic carbocycles. The van der Waals surface area contributed by atoms with Gasteiger partial charge in [-0.25, -0.2) is 14.6 Å². The molecule has 142 valence electrons. The number of hydrogen-bond donors (Lipinski definition) is 0. The van der Waals surface area contributed by atoms with Gasteiger partial charge >= 0.3 is 0 Å². The molecule has 0 saturated carbocycles. The van der Waals surface area contributed by atoms with Crippen LogP contribution in [-0.2, 0) is 7.05 Å². The highest BCUT2D eigenvalue weighted by Crippen LogP contribution is 2.38. The summed E-state index contributed by atoms with van der Waals surface area (Å²) in [6.07, 6.45) is 1.42. The second-order valence-electron chi connectivity index (χ2n) is 6.63. The number of carbonyl (C=O) groups excluding carboxylic acids is 2. The summed E-state index contributed by atoms with van der Waals surface area (Å²) in [5, 5.41) is 5.71. The topological polar surface area (TPSA) is 68.1 Å². The van der Waals surface area contributed by atoms with E-state index in [0.717, 1.165) is 10.5 Å². The molecule has 2 aromatic heterocycles. The van der Waals surface area contributed by atoms with Gasteiger partial charge in [0.25, 0.3) is 11.8 Å². The molecular formula is C21H12Cl2N4O2. The number of rotatable bonds is 2. The van der Waals surface area contributed by atoms with Crippen molar-refractivity contribution in [3.05, 3.63) is 75.9 Å². The lowest BCUT2D eigenvalue weighted by molar-refractivity contribution is 0.0926. The van der Waals surface area contributed by atoms with E-state index in [0.29, 0.717) is 27.4 Å². The fraction of sp³-hybridized carbons (Fsp3) is 0.0476. The Morgan fingerprint density at radius 3 is 2.41 bits per heavy atom. The van der Waals surface area contributed by atoms with Gasteiger partial charge in [0.1, 0.15) is 5.69 Å². The fourth-order valence-electron chi connectivity index (χ4n) is 3.58. The third kappa shape index (κ3) is 2.57. The van der Waals surface area contributed by atoms with Crippen molar-refractivity contribution in [2.75, 3.05) is 4.90 Å². The van der Waals surface area contributed by atoms with Crippen molar-refractivity contribution in [1.82, 2.24) is 14.8 Å². The smallest absolute Gasteiger partial charge is 0.267 e. The van der Waals surface area contributed by atoms with E-state index < -0.39 is 11.8 Å². The lowest BCUT2D eigenvalue weighted by Crippen LogP contribution is -2.29. The van der Waals surface area contributed by atoms with Crippen LogP contribution in [0.25, 0.3) is 22.3 Å². The summed E-state index contributed by atoms with van der Waals surface area (Å²) >= 11 is 12.1. The SMILES string of the molecule is Cn1nc(-c2ccccc2)c2c3c(cnc21)C(=O)N(c1ccc(Cl)c(Cl)c1)C3=O. The van der Waals surface area contributed by atoms with Crippen molar-refractivity contribution in [3.8, 4) is 11.3 Å². The minimum Gasteiger partial charge on any atom is -0.268 e. The normalized spacial score (nSPS) is 13.4. The van der Waals surface area contributed by atoms with E-state index in [-0.39, 0.29) is 16.1 Å². The number of carbonyl (C=O) groups is 2. The van der Waals surface area contributed by atoms with Gasteiger partial charge in [-0.05, 0) is 18.2 Å². The van der Waals surface area contributed by atoms with Gasteiger partial charge in [-0.2, -0.15) is 5.10 Å². The summed E-state index contributed by atoms with van der Waals surface area (Å²) in [4.78, 5) is 31.9. The van der Waals surface area contributed by atoms with Gasteiger partial charge < -0.3 is 0 Å². The number of halogens is 2. The van der Waals surface area contributed by atoms with Gasteiger partial charge in [0.15, 0.2) is 5.65 Å². The molecule has 1 aliphatic heterocycles. The molecule has 1 aliphatic rings. The number of amides is 2. The second kappa shape index (κ2) is 6.40.